The largest absolute Gasteiger partial charge is 0.370 e. The summed E-state index contributed by atoms with van der Waals surface area (Å²) in [6.07, 6.45) is 2.35. The quantitative estimate of drug-likeness (QED) is 0.572. The van der Waals surface area contributed by atoms with Crippen LogP contribution in [0.4, 0.5) is 5.69 Å². The van der Waals surface area contributed by atoms with Crippen LogP contribution in [-0.2, 0) is 0 Å². The zero-order chi connectivity index (χ0) is 10.8. The summed E-state index contributed by atoms with van der Waals surface area (Å²) in [6, 6.07) is 6.66. The van der Waals surface area contributed by atoms with Crippen LogP contribution >= 0.6 is 0 Å². The topological polar surface area (TPSA) is 50.4 Å². The summed E-state index contributed by atoms with van der Waals surface area (Å²) in [5, 5.41) is 3.11. The normalized spacial score (nSPS) is 16.5. The number of nitrogens with two attached hydrogens (primary N) is 1. The first-order chi connectivity index (χ1) is 7.15. The Balaban J connectivity index is 2.06. The molecule has 1 aliphatic rings. The number of aliphatic imine (C=N–C) groups is 1. The van der Waals surface area contributed by atoms with Gasteiger partial charge in [0, 0.05) is 5.69 Å². The molecule has 1 aromatic carbocycles. The monoisotopic (exact) mass is 203 g/mol. The van der Waals surface area contributed by atoms with E-state index < -0.39 is 0 Å². The average Bonchev–Trinajstić information content (AvgIpc) is 2.95. The summed E-state index contributed by atoms with van der Waals surface area (Å²) < 4.78 is 0. The maximum Gasteiger partial charge on any atom is 0.193 e. The predicted octanol–water partition coefficient (Wildman–Crippen LogP) is 2.19. The molecule has 0 atom stereocenters. The van der Waals surface area contributed by atoms with Gasteiger partial charge < -0.3 is 11.1 Å². The van der Waals surface area contributed by atoms with Crippen LogP contribution in [-0.4, -0.2) is 12.0 Å². The van der Waals surface area contributed by atoms with Gasteiger partial charge in [-0.2, -0.15) is 0 Å². The van der Waals surface area contributed by atoms with Gasteiger partial charge in [-0.25, -0.2) is 4.99 Å². The van der Waals surface area contributed by atoms with Gasteiger partial charge in [0.15, 0.2) is 5.96 Å². The minimum Gasteiger partial charge on any atom is -0.370 e. The lowest BCUT2D eigenvalue weighted by molar-refractivity contribution is 1.06. The van der Waals surface area contributed by atoms with Gasteiger partial charge in [0.05, 0.1) is 6.04 Å². The van der Waals surface area contributed by atoms with Gasteiger partial charge in [0.2, 0.25) is 0 Å². The number of hydrogen-bond donors (Lipinski definition) is 2. The van der Waals surface area contributed by atoms with Gasteiger partial charge in [-0.15, -0.1) is 0 Å². The lowest BCUT2D eigenvalue weighted by Crippen LogP contribution is -2.23. The van der Waals surface area contributed by atoms with Crippen molar-refractivity contribution in [1.29, 1.82) is 0 Å². The fourth-order valence-electron chi connectivity index (χ4n) is 1.40. The second-order valence-corrected chi connectivity index (χ2v) is 4.17. The highest BCUT2D eigenvalue weighted by atomic mass is 15.1. The van der Waals surface area contributed by atoms with Crippen molar-refractivity contribution in [3.8, 4) is 0 Å². The van der Waals surface area contributed by atoms with Crippen LogP contribution in [0.5, 0.6) is 0 Å². The highest BCUT2D eigenvalue weighted by molar-refractivity contribution is 5.92. The first-order valence-corrected chi connectivity index (χ1v) is 5.33. The minimum absolute atomic E-state index is 0.462. The predicted molar refractivity (Wildman–Crippen MR) is 64.2 cm³/mol. The first kappa shape index (κ1) is 10.0. The molecule has 1 fully saturated rings. The zero-order valence-electron chi connectivity index (χ0n) is 9.25. The molecule has 0 spiro atoms. The molecule has 15 heavy (non-hydrogen) atoms. The summed E-state index contributed by atoms with van der Waals surface area (Å²) in [5.74, 6) is 0.528. The summed E-state index contributed by atoms with van der Waals surface area (Å²) in [4.78, 5) is 4.32. The molecule has 3 nitrogen and oxygen atoms in total. The van der Waals surface area contributed by atoms with Crippen LogP contribution in [0.15, 0.2) is 23.2 Å². The Kier molecular flexibility index (Phi) is 2.62. The van der Waals surface area contributed by atoms with Crippen molar-refractivity contribution >= 4 is 11.6 Å². The first-order valence-electron chi connectivity index (χ1n) is 5.33. The Morgan fingerprint density at radius 1 is 1.33 bits per heavy atom. The molecule has 0 heterocycles. The maximum atomic E-state index is 5.77. The number of benzene rings is 1. The molecule has 0 aromatic heterocycles. The molecule has 0 aliphatic heterocycles. The molecule has 0 bridgehead atoms. The van der Waals surface area contributed by atoms with E-state index in [0.29, 0.717) is 12.0 Å². The SMILES string of the molecule is Cc1ccc(NC(N)=NC2CC2)cc1C. The number of aryl methyl sites for hydroxylation is 2. The van der Waals surface area contributed by atoms with Crippen molar-refractivity contribution in [2.24, 2.45) is 10.7 Å². The third-order valence-electron chi connectivity index (χ3n) is 2.65. The molecule has 0 unspecified atom stereocenters. The van der Waals surface area contributed by atoms with Crippen molar-refractivity contribution in [2.45, 2.75) is 32.7 Å². The summed E-state index contributed by atoms with van der Waals surface area (Å²) in [5.41, 5.74) is 9.34. The van der Waals surface area contributed by atoms with Crippen LogP contribution in [0.25, 0.3) is 0 Å². The molecular formula is C12H17N3. The van der Waals surface area contributed by atoms with Crippen LogP contribution in [0, 0.1) is 13.8 Å². The fraction of sp³-hybridized carbons (Fsp3) is 0.417. The van der Waals surface area contributed by atoms with Gasteiger partial charge >= 0.3 is 0 Å². The number of nitrogens with zero attached hydrogens (tertiary/aromatic N) is 1. The molecule has 80 valence electrons. The molecule has 2 rings (SSSR count). The van der Waals surface area contributed by atoms with Crippen LogP contribution < -0.4 is 11.1 Å². The Morgan fingerprint density at radius 2 is 2.07 bits per heavy atom. The third-order valence-corrected chi connectivity index (χ3v) is 2.65. The fourth-order valence-corrected chi connectivity index (χ4v) is 1.40. The number of hydrogen-bond acceptors (Lipinski definition) is 1. The molecule has 1 aromatic rings. The lowest BCUT2D eigenvalue weighted by atomic mass is 10.1. The summed E-state index contributed by atoms with van der Waals surface area (Å²) >= 11 is 0. The lowest BCUT2D eigenvalue weighted by Gasteiger charge is -2.07. The highest BCUT2D eigenvalue weighted by Crippen LogP contribution is 2.23. The van der Waals surface area contributed by atoms with Crippen molar-refractivity contribution in [3.05, 3.63) is 29.3 Å². The van der Waals surface area contributed by atoms with Gasteiger partial charge in [0.1, 0.15) is 0 Å². The molecular weight excluding hydrogens is 186 g/mol. The molecule has 3 heteroatoms. The second kappa shape index (κ2) is 3.93. The number of anilines is 1. The van der Waals surface area contributed by atoms with Crippen molar-refractivity contribution < 1.29 is 0 Å². The second-order valence-electron chi connectivity index (χ2n) is 4.17. The van der Waals surface area contributed by atoms with Crippen molar-refractivity contribution in [3.63, 3.8) is 0 Å². The average molecular weight is 203 g/mol. The van der Waals surface area contributed by atoms with E-state index in [9.17, 15) is 0 Å². The molecule has 0 radical (unpaired) electrons. The number of guanidine groups is 1. The molecule has 0 amide bonds. The highest BCUT2D eigenvalue weighted by Gasteiger charge is 2.20. The van der Waals surface area contributed by atoms with Gasteiger partial charge in [-0.1, -0.05) is 6.07 Å². The van der Waals surface area contributed by atoms with E-state index >= 15 is 0 Å². The van der Waals surface area contributed by atoms with Crippen molar-refractivity contribution in [2.75, 3.05) is 5.32 Å². The Hall–Kier alpha value is -1.51. The van der Waals surface area contributed by atoms with E-state index in [1.54, 1.807) is 0 Å². The van der Waals surface area contributed by atoms with Gasteiger partial charge in [-0.05, 0) is 49.9 Å². The summed E-state index contributed by atoms with van der Waals surface area (Å²) in [6.45, 7) is 4.19. The Morgan fingerprint density at radius 3 is 2.67 bits per heavy atom. The Labute approximate surface area is 90.4 Å². The minimum atomic E-state index is 0.462. The van der Waals surface area contributed by atoms with Crippen LogP contribution in [0.2, 0.25) is 0 Å². The van der Waals surface area contributed by atoms with Gasteiger partial charge in [0.25, 0.3) is 0 Å². The molecule has 1 aliphatic carbocycles. The van der Waals surface area contributed by atoms with E-state index in [2.05, 4.69) is 36.3 Å². The molecule has 1 saturated carbocycles. The Bertz CT molecular complexity index is 392. The van der Waals surface area contributed by atoms with Gasteiger partial charge in [-0.3, -0.25) is 0 Å². The van der Waals surface area contributed by atoms with E-state index in [-0.39, 0.29) is 0 Å². The van der Waals surface area contributed by atoms with E-state index in [0.717, 1.165) is 5.69 Å². The third kappa shape index (κ3) is 2.72. The van der Waals surface area contributed by atoms with E-state index in [1.807, 2.05) is 6.07 Å². The molecule has 3 N–H and O–H groups in total. The summed E-state index contributed by atoms with van der Waals surface area (Å²) in [7, 11) is 0. The number of rotatable bonds is 2. The molecule has 0 saturated heterocycles. The van der Waals surface area contributed by atoms with E-state index in [4.69, 9.17) is 5.73 Å². The smallest absolute Gasteiger partial charge is 0.193 e. The van der Waals surface area contributed by atoms with Crippen LogP contribution in [0.1, 0.15) is 24.0 Å². The zero-order valence-corrected chi connectivity index (χ0v) is 9.25. The van der Waals surface area contributed by atoms with E-state index in [1.165, 1.54) is 24.0 Å². The number of nitrogens with one attached hydrogen (secondary N) is 1. The standard InChI is InChI=1S/C12H17N3/c1-8-3-4-11(7-9(8)2)15-12(13)14-10-5-6-10/h3-4,7,10H,5-6H2,1-2H3,(H3,13,14,15). The van der Waals surface area contributed by atoms with Crippen LogP contribution in [0.3, 0.4) is 0 Å². The van der Waals surface area contributed by atoms with Crippen molar-refractivity contribution in [1.82, 2.24) is 0 Å². The maximum absolute atomic E-state index is 5.77.